The monoisotopic (exact) mass is 270 g/mol. The third kappa shape index (κ3) is 3.09. The van der Waals surface area contributed by atoms with Crippen molar-refractivity contribution < 1.29 is 9.90 Å². The first kappa shape index (κ1) is 13.9. The van der Waals surface area contributed by atoms with Crippen LogP contribution in [0.1, 0.15) is 21.5 Å². The fourth-order valence-electron chi connectivity index (χ4n) is 2.00. The summed E-state index contributed by atoms with van der Waals surface area (Å²) >= 11 is 0. The van der Waals surface area contributed by atoms with E-state index in [1.807, 2.05) is 31.2 Å². The van der Waals surface area contributed by atoms with Crippen LogP contribution in [0.2, 0.25) is 0 Å². The summed E-state index contributed by atoms with van der Waals surface area (Å²) < 4.78 is 0. The second-order valence-corrected chi connectivity index (χ2v) is 4.59. The number of rotatable bonds is 4. The Morgan fingerprint density at radius 1 is 1.20 bits per heavy atom. The first-order chi connectivity index (χ1) is 9.61. The Morgan fingerprint density at radius 2 is 1.95 bits per heavy atom. The second-order valence-electron chi connectivity index (χ2n) is 4.59. The van der Waals surface area contributed by atoms with Crippen molar-refractivity contribution in [3.05, 3.63) is 59.2 Å². The summed E-state index contributed by atoms with van der Waals surface area (Å²) in [6, 6.07) is 12.7. The molecule has 0 aliphatic carbocycles. The standard InChI is InChI=1S/C16H18N2O2/c1-11-9-12(16(20)17-2)7-8-14(11)18-10-13-5-3-4-6-15(13)19/h3-9,18-19H,10H2,1-2H3,(H,17,20). The number of anilines is 1. The van der Waals surface area contributed by atoms with Gasteiger partial charge in [-0.25, -0.2) is 0 Å². The summed E-state index contributed by atoms with van der Waals surface area (Å²) in [6.45, 7) is 2.48. The molecule has 104 valence electrons. The van der Waals surface area contributed by atoms with Crippen molar-refractivity contribution in [3.8, 4) is 5.75 Å². The molecular formula is C16H18N2O2. The van der Waals surface area contributed by atoms with Gasteiger partial charge in [-0.2, -0.15) is 0 Å². The van der Waals surface area contributed by atoms with E-state index in [9.17, 15) is 9.90 Å². The normalized spacial score (nSPS) is 10.1. The van der Waals surface area contributed by atoms with Crippen molar-refractivity contribution in [2.75, 3.05) is 12.4 Å². The summed E-state index contributed by atoms with van der Waals surface area (Å²) in [5.41, 5.74) is 3.41. The number of para-hydroxylation sites is 1. The highest BCUT2D eigenvalue weighted by molar-refractivity contribution is 5.94. The number of phenolic OH excluding ortho intramolecular Hbond substituents is 1. The number of carbonyl (C=O) groups is 1. The fourth-order valence-corrected chi connectivity index (χ4v) is 2.00. The van der Waals surface area contributed by atoms with Gasteiger partial charge < -0.3 is 15.7 Å². The topological polar surface area (TPSA) is 61.4 Å². The Kier molecular flexibility index (Phi) is 4.25. The quantitative estimate of drug-likeness (QED) is 0.800. The van der Waals surface area contributed by atoms with Gasteiger partial charge in [-0.15, -0.1) is 0 Å². The highest BCUT2D eigenvalue weighted by atomic mass is 16.3. The van der Waals surface area contributed by atoms with Crippen LogP contribution in [0.4, 0.5) is 5.69 Å². The summed E-state index contributed by atoms with van der Waals surface area (Å²) in [7, 11) is 1.61. The van der Waals surface area contributed by atoms with Gasteiger partial charge in [-0.1, -0.05) is 18.2 Å². The highest BCUT2D eigenvalue weighted by Crippen LogP contribution is 2.20. The molecule has 2 aromatic rings. The van der Waals surface area contributed by atoms with Crippen LogP contribution in [0, 0.1) is 6.92 Å². The van der Waals surface area contributed by atoms with E-state index < -0.39 is 0 Å². The lowest BCUT2D eigenvalue weighted by Crippen LogP contribution is -2.17. The average Bonchev–Trinajstić information content (AvgIpc) is 2.46. The first-order valence-corrected chi connectivity index (χ1v) is 6.45. The third-order valence-corrected chi connectivity index (χ3v) is 3.18. The van der Waals surface area contributed by atoms with Crippen LogP contribution < -0.4 is 10.6 Å². The fraction of sp³-hybridized carbons (Fsp3) is 0.188. The predicted molar refractivity (Wildman–Crippen MR) is 80.0 cm³/mol. The largest absolute Gasteiger partial charge is 0.508 e. The Balaban J connectivity index is 2.11. The van der Waals surface area contributed by atoms with E-state index in [1.54, 1.807) is 25.2 Å². The van der Waals surface area contributed by atoms with Crippen molar-refractivity contribution in [1.29, 1.82) is 0 Å². The van der Waals surface area contributed by atoms with Crippen LogP contribution in [-0.2, 0) is 6.54 Å². The molecule has 0 atom stereocenters. The average molecular weight is 270 g/mol. The minimum atomic E-state index is -0.0969. The minimum Gasteiger partial charge on any atom is -0.508 e. The van der Waals surface area contributed by atoms with Crippen LogP contribution >= 0.6 is 0 Å². The molecule has 4 heteroatoms. The molecule has 0 aliphatic heterocycles. The van der Waals surface area contributed by atoms with Crippen molar-refractivity contribution in [1.82, 2.24) is 5.32 Å². The molecule has 0 aromatic heterocycles. The second kappa shape index (κ2) is 6.10. The number of benzene rings is 2. The van der Waals surface area contributed by atoms with Gasteiger partial charge in [0.2, 0.25) is 0 Å². The molecule has 1 amide bonds. The summed E-state index contributed by atoms with van der Waals surface area (Å²) in [6.07, 6.45) is 0. The molecule has 4 nitrogen and oxygen atoms in total. The molecule has 0 saturated heterocycles. The van der Waals surface area contributed by atoms with Crippen molar-refractivity contribution >= 4 is 11.6 Å². The number of hydrogen-bond donors (Lipinski definition) is 3. The number of aryl methyl sites for hydroxylation is 1. The first-order valence-electron chi connectivity index (χ1n) is 6.45. The van der Waals surface area contributed by atoms with Gasteiger partial charge in [0.1, 0.15) is 5.75 Å². The number of phenols is 1. The lowest BCUT2D eigenvalue weighted by atomic mass is 10.1. The van der Waals surface area contributed by atoms with E-state index in [0.29, 0.717) is 12.1 Å². The van der Waals surface area contributed by atoms with Gasteiger partial charge in [-0.05, 0) is 36.8 Å². The van der Waals surface area contributed by atoms with Crippen LogP contribution in [0.3, 0.4) is 0 Å². The molecule has 0 bridgehead atoms. The van der Waals surface area contributed by atoms with E-state index in [0.717, 1.165) is 16.8 Å². The molecule has 0 radical (unpaired) electrons. The molecule has 20 heavy (non-hydrogen) atoms. The van der Waals surface area contributed by atoms with Gasteiger partial charge in [-0.3, -0.25) is 4.79 Å². The Hall–Kier alpha value is -2.49. The maximum Gasteiger partial charge on any atom is 0.251 e. The van der Waals surface area contributed by atoms with E-state index in [-0.39, 0.29) is 11.7 Å². The molecule has 0 fully saturated rings. The Morgan fingerprint density at radius 3 is 2.60 bits per heavy atom. The minimum absolute atomic E-state index is 0.0969. The van der Waals surface area contributed by atoms with Crippen molar-refractivity contribution in [2.45, 2.75) is 13.5 Å². The zero-order valence-electron chi connectivity index (χ0n) is 11.6. The number of amides is 1. The van der Waals surface area contributed by atoms with Crippen LogP contribution in [0.25, 0.3) is 0 Å². The summed E-state index contributed by atoms with van der Waals surface area (Å²) in [4.78, 5) is 11.5. The van der Waals surface area contributed by atoms with Crippen LogP contribution in [0.15, 0.2) is 42.5 Å². The maximum absolute atomic E-state index is 11.5. The smallest absolute Gasteiger partial charge is 0.251 e. The van der Waals surface area contributed by atoms with E-state index >= 15 is 0 Å². The van der Waals surface area contributed by atoms with Gasteiger partial charge in [0, 0.05) is 30.4 Å². The third-order valence-electron chi connectivity index (χ3n) is 3.18. The van der Waals surface area contributed by atoms with Gasteiger partial charge in [0.15, 0.2) is 0 Å². The number of carbonyl (C=O) groups excluding carboxylic acids is 1. The molecule has 0 saturated carbocycles. The van der Waals surface area contributed by atoms with Crippen molar-refractivity contribution in [2.24, 2.45) is 0 Å². The van der Waals surface area contributed by atoms with Crippen LogP contribution in [0.5, 0.6) is 5.75 Å². The Labute approximate surface area is 118 Å². The molecule has 2 aromatic carbocycles. The van der Waals surface area contributed by atoms with Crippen molar-refractivity contribution in [3.63, 3.8) is 0 Å². The number of hydrogen-bond acceptors (Lipinski definition) is 3. The zero-order valence-corrected chi connectivity index (χ0v) is 11.6. The lowest BCUT2D eigenvalue weighted by Gasteiger charge is -2.11. The summed E-state index contributed by atoms with van der Waals surface area (Å²) in [5, 5.41) is 15.6. The predicted octanol–water partition coefficient (Wildman–Crippen LogP) is 2.67. The highest BCUT2D eigenvalue weighted by Gasteiger charge is 2.06. The van der Waals surface area contributed by atoms with Crippen LogP contribution in [-0.4, -0.2) is 18.1 Å². The molecular weight excluding hydrogens is 252 g/mol. The molecule has 3 N–H and O–H groups in total. The molecule has 0 unspecified atom stereocenters. The van der Waals surface area contributed by atoms with E-state index in [4.69, 9.17) is 0 Å². The van der Waals surface area contributed by atoms with Gasteiger partial charge >= 0.3 is 0 Å². The maximum atomic E-state index is 11.5. The lowest BCUT2D eigenvalue weighted by molar-refractivity contribution is 0.0963. The molecule has 2 rings (SSSR count). The number of aromatic hydroxyl groups is 1. The SMILES string of the molecule is CNC(=O)c1ccc(NCc2ccccc2O)c(C)c1. The van der Waals surface area contributed by atoms with E-state index in [2.05, 4.69) is 10.6 Å². The Bertz CT molecular complexity index is 624. The molecule has 0 spiro atoms. The summed E-state index contributed by atoms with van der Waals surface area (Å²) in [5.74, 6) is 0.181. The van der Waals surface area contributed by atoms with Gasteiger partial charge in [0.05, 0.1) is 0 Å². The molecule has 0 heterocycles. The zero-order chi connectivity index (χ0) is 14.5. The number of nitrogens with one attached hydrogen (secondary N) is 2. The van der Waals surface area contributed by atoms with Gasteiger partial charge in [0.25, 0.3) is 5.91 Å². The molecule has 0 aliphatic rings. The van der Waals surface area contributed by atoms with E-state index in [1.165, 1.54) is 0 Å².